The second-order valence-electron chi connectivity index (χ2n) is 14.8. The third kappa shape index (κ3) is 8.54. The molecule has 16 nitrogen and oxygen atoms in total. The van der Waals surface area contributed by atoms with Crippen molar-refractivity contribution in [3.63, 3.8) is 0 Å². The largest absolute Gasteiger partial charge is 0.463 e. The van der Waals surface area contributed by atoms with Gasteiger partial charge in [-0.05, 0) is 79.3 Å². The van der Waals surface area contributed by atoms with E-state index in [2.05, 4.69) is 15.1 Å². The monoisotopic (exact) mass is 759 g/mol. The number of amides is 1. The number of carbonyl (C=O) groups is 2. The molecule has 1 amide bonds. The quantitative estimate of drug-likeness (QED) is 0.107. The Morgan fingerprint density at radius 1 is 1.12 bits per heavy atom. The zero-order valence-electron chi connectivity index (χ0n) is 30.9. The van der Waals surface area contributed by atoms with E-state index in [0.717, 1.165) is 25.7 Å². The van der Waals surface area contributed by atoms with Gasteiger partial charge in [-0.3, -0.25) is 4.90 Å². The summed E-state index contributed by atoms with van der Waals surface area (Å²) >= 11 is 6.54. The van der Waals surface area contributed by atoms with E-state index in [-0.39, 0.29) is 50.2 Å². The van der Waals surface area contributed by atoms with E-state index < -0.39 is 60.5 Å². The molecule has 0 spiro atoms. The summed E-state index contributed by atoms with van der Waals surface area (Å²) in [4.78, 5) is 37.7. The number of esters is 1. The van der Waals surface area contributed by atoms with Gasteiger partial charge >= 0.3 is 12.1 Å². The van der Waals surface area contributed by atoms with Gasteiger partial charge in [-0.25, -0.2) is 14.3 Å². The molecule has 18 heteroatoms. The van der Waals surface area contributed by atoms with Gasteiger partial charge in [-0.15, -0.1) is 0 Å². The first-order valence-electron chi connectivity index (χ1n) is 17.3. The molecule has 1 unspecified atom stereocenters. The van der Waals surface area contributed by atoms with Crippen molar-refractivity contribution in [3.05, 3.63) is 11.5 Å². The number of carbonyl (C=O) groups excluding carboxylic acids is 2. The number of halogens is 1. The highest BCUT2D eigenvalue weighted by molar-refractivity contribution is 7.64. The molecule has 2 aromatic rings. The van der Waals surface area contributed by atoms with Crippen LogP contribution in [0, 0.1) is 0 Å². The van der Waals surface area contributed by atoms with Crippen molar-refractivity contribution in [2.24, 2.45) is 0 Å². The fraction of sp³-hybridized carbons (Fsp3) is 0.788. The molecule has 0 radical (unpaired) electrons. The van der Waals surface area contributed by atoms with E-state index in [4.69, 9.17) is 49.5 Å². The maximum Gasteiger partial charge on any atom is 0.416 e. The van der Waals surface area contributed by atoms with Gasteiger partial charge in [0.25, 0.3) is 0 Å². The molecule has 0 bridgehead atoms. The Hall–Kier alpha value is -2.43. The number of nitrogens with zero attached hydrogens (tertiary/aromatic N) is 5. The molecule has 2 aromatic heterocycles. The second kappa shape index (κ2) is 15.5. The molecule has 3 aliphatic rings. The lowest BCUT2D eigenvalue weighted by Gasteiger charge is -2.35. The number of hydrogen-bond acceptors (Lipinski definition) is 14. The lowest BCUT2D eigenvalue weighted by molar-refractivity contribution is -0.209. The Morgan fingerprint density at radius 3 is 2.43 bits per heavy atom. The smallest absolute Gasteiger partial charge is 0.416 e. The predicted molar refractivity (Wildman–Crippen MR) is 187 cm³/mol. The molecule has 2 aliphatic heterocycles. The molecule has 5 rings (SSSR count). The number of methoxy groups -OCH3 is 1. The summed E-state index contributed by atoms with van der Waals surface area (Å²) in [5.41, 5.74) is -0.441. The molecule has 4 heterocycles. The third-order valence-electron chi connectivity index (χ3n) is 8.96. The van der Waals surface area contributed by atoms with Crippen LogP contribution in [0.3, 0.4) is 0 Å². The van der Waals surface area contributed by atoms with Crippen LogP contribution in [-0.4, -0.2) is 126 Å². The van der Waals surface area contributed by atoms with Gasteiger partial charge in [0.15, 0.2) is 23.5 Å². The van der Waals surface area contributed by atoms with E-state index in [9.17, 15) is 14.2 Å². The Kier molecular flexibility index (Phi) is 12.1. The van der Waals surface area contributed by atoms with Crippen molar-refractivity contribution < 1.29 is 52.0 Å². The van der Waals surface area contributed by atoms with Crippen molar-refractivity contribution in [1.82, 2.24) is 19.7 Å². The van der Waals surface area contributed by atoms with Crippen LogP contribution >= 0.6 is 18.7 Å². The summed E-state index contributed by atoms with van der Waals surface area (Å²) in [6.07, 6.45) is 1.36. The number of rotatable bonds is 14. The maximum absolute atomic E-state index is 13.8. The minimum Gasteiger partial charge on any atom is -0.463 e. The van der Waals surface area contributed by atoms with Gasteiger partial charge in [0, 0.05) is 13.2 Å². The summed E-state index contributed by atoms with van der Waals surface area (Å²) in [6.45, 7) is 13.4. The number of fused-ring (bicyclic) bond motifs is 2. The Balaban J connectivity index is 1.49. The number of anilines is 1. The summed E-state index contributed by atoms with van der Waals surface area (Å²) in [5.74, 6) is -1.54. The zero-order valence-corrected chi connectivity index (χ0v) is 32.5. The number of hydrogen-bond donors (Lipinski definition) is 0. The molecule has 5 atom stereocenters. The molecule has 286 valence electrons. The molecule has 0 N–H and O–H groups in total. The average Bonchev–Trinajstić information content (AvgIpc) is 3.80. The van der Waals surface area contributed by atoms with Crippen LogP contribution in [0.25, 0.3) is 11.0 Å². The number of ether oxygens (including phenoxy) is 8. The standard InChI is InChI=1S/C33H51ClN5O11P/c1-10-45-28(40)33(51(8,9)42,19-44-16-15-43-7)46-18-22-23-24(49-32(5,6)48-23)27(47-22)39-26-21(17-35-39)25(36-29(34)37-26)38(20-13-11-12-14-20)30(41)50-31(2,3)4/h17,20,22-24,27H,10-16,18-19H2,1-9H3/t22-,23-,24-,27-,33?/m1/s1. The van der Waals surface area contributed by atoms with E-state index >= 15 is 0 Å². The highest BCUT2D eigenvalue weighted by Gasteiger charge is 2.59. The molecule has 1 saturated carbocycles. The summed E-state index contributed by atoms with van der Waals surface area (Å²) in [5, 5.41) is 3.08. The van der Waals surface area contributed by atoms with Gasteiger partial charge in [0.1, 0.15) is 31.1 Å². The van der Waals surface area contributed by atoms with E-state index in [1.165, 1.54) is 25.1 Å². The molecular formula is C33H51ClN5O11P. The van der Waals surface area contributed by atoms with E-state index in [0.29, 0.717) is 11.0 Å². The van der Waals surface area contributed by atoms with Crippen molar-refractivity contribution >= 4 is 47.7 Å². The van der Waals surface area contributed by atoms with Crippen molar-refractivity contribution in [2.75, 3.05) is 58.4 Å². The summed E-state index contributed by atoms with van der Waals surface area (Å²) in [6, 6.07) is -0.149. The summed E-state index contributed by atoms with van der Waals surface area (Å²) < 4.78 is 62.7. The molecule has 2 saturated heterocycles. The number of aromatic nitrogens is 4. The first-order chi connectivity index (χ1) is 23.9. The lowest BCUT2D eigenvalue weighted by atomic mass is 10.1. The Morgan fingerprint density at radius 2 is 1.80 bits per heavy atom. The van der Waals surface area contributed by atoms with Crippen molar-refractivity contribution in [3.8, 4) is 0 Å². The maximum atomic E-state index is 13.8. The average molecular weight is 760 g/mol. The first kappa shape index (κ1) is 39.8. The minimum atomic E-state index is -3.38. The highest BCUT2D eigenvalue weighted by Crippen LogP contribution is 2.54. The van der Waals surface area contributed by atoms with Gasteiger partial charge in [0.2, 0.25) is 10.6 Å². The van der Waals surface area contributed by atoms with Crippen LogP contribution in [0.4, 0.5) is 10.6 Å². The fourth-order valence-corrected chi connectivity index (χ4v) is 8.09. The fourth-order valence-electron chi connectivity index (χ4n) is 6.63. The van der Waals surface area contributed by atoms with Crippen LogP contribution in [0.5, 0.6) is 0 Å². The van der Waals surface area contributed by atoms with Crippen LogP contribution in [0.2, 0.25) is 5.28 Å². The molecule has 3 fully saturated rings. The van der Waals surface area contributed by atoms with Crippen molar-refractivity contribution in [2.45, 2.75) is 115 Å². The molecule has 1 aliphatic carbocycles. The molecule has 0 aromatic carbocycles. The highest BCUT2D eigenvalue weighted by atomic mass is 35.5. The summed E-state index contributed by atoms with van der Waals surface area (Å²) in [7, 11) is -1.86. The van der Waals surface area contributed by atoms with Gasteiger partial charge in [-0.2, -0.15) is 15.1 Å². The zero-order chi connectivity index (χ0) is 37.4. The molecular weight excluding hydrogens is 709 g/mol. The van der Waals surface area contributed by atoms with E-state index in [1.807, 2.05) is 20.8 Å². The topological polar surface area (TPSA) is 172 Å². The second-order valence-corrected chi connectivity index (χ2v) is 18.5. The van der Waals surface area contributed by atoms with E-state index in [1.54, 1.807) is 31.9 Å². The van der Waals surface area contributed by atoms with Crippen LogP contribution in [0.1, 0.15) is 73.5 Å². The lowest BCUT2D eigenvalue weighted by Crippen LogP contribution is -2.49. The van der Waals surface area contributed by atoms with Crippen molar-refractivity contribution in [1.29, 1.82) is 0 Å². The van der Waals surface area contributed by atoms with Crippen LogP contribution < -0.4 is 4.90 Å². The van der Waals surface area contributed by atoms with Gasteiger partial charge in [-0.1, -0.05) is 12.8 Å². The normalized spacial score (nSPS) is 24.8. The Labute approximate surface area is 303 Å². The SMILES string of the molecule is CCOC(=O)C(COCCOC)(OC[C@H]1O[C@@H](n2ncc3c(N(C(=O)OC(C)(C)C)C4CCCC4)nc(Cl)nc32)[C@@H]2OC(C)(C)O[C@@H]21)P(C)(C)=O. The Bertz CT molecular complexity index is 1610. The van der Waals surface area contributed by atoms with Crippen LogP contribution in [-0.2, 0) is 47.3 Å². The molecule has 51 heavy (non-hydrogen) atoms. The van der Waals surface area contributed by atoms with Gasteiger partial charge in [0.05, 0.1) is 44.6 Å². The first-order valence-corrected chi connectivity index (χ1v) is 20.3. The third-order valence-corrected chi connectivity index (χ3v) is 11.3. The van der Waals surface area contributed by atoms with Crippen LogP contribution in [0.15, 0.2) is 6.20 Å². The van der Waals surface area contributed by atoms with Gasteiger partial charge < -0.3 is 42.5 Å². The minimum absolute atomic E-state index is 0.0464. The predicted octanol–water partition coefficient (Wildman–Crippen LogP) is 5.14.